The Bertz CT molecular complexity index is 1160. The fraction of sp³-hybridized carbons (Fsp3) is 0.333. The first kappa shape index (κ1) is 26.1. The Morgan fingerprint density at radius 2 is 1.43 bits per heavy atom. The van der Waals surface area contributed by atoms with Gasteiger partial charge in [-0.3, -0.25) is 19.7 Å². The lowest BCUT2D eigenvalue weighted by Gasteiger charge is -2.31. The van der Waals surface area contributed by atoms with Crippen LogP contribution in [0.4, 0.5) is 5.69 Å². The second kappa shape index (κ2) is 12.3. The molecule has 37 heavy (non-hydrogen) atoms. The zero-order valence-corrected chi connectivity index (χ0v) is 21.0. The van der Waals surface area contributed by atoms with Crippen LogP contribution >= 0.6 is 0 Å². The van der Waals surface area contributed by atoms with E-state index in [0.717, 1.165) is 42.4 Å². The van der Waals surface area contributed by atoms with Gasteiger partial charge in [-0.05, 0) is 35.4 Å². The van der Waals surface area contributed by atoms with Crippen LogP contribution < -0.4 is 10.6 Å². The average molecular weight is 500 g/mol. The topological polar surface area (TPSA) is 101 Å². The first-order valence-corrected chi connectivity index (χ1v) is 12.9. The molecule has 0 bridgehead atoms. The largest absolute Gasteiger partial charge is 0.351 e. The van der Waals surface area contributed by atoms with E-state index in [4.69, 9.17) is 0 Å². The quantitative estimate of drug-likeness (QED) is 0.314. The SMILES string of the molecule is C[C@H]1CCCC[C@H]1NC(=O)[C@H](Cc1ccc([N+](=O)[O-])cc1)NC(=O)C(c1ccccc1)c1ccccc1. The molecule has 3 aromatic carbocycles. The second-order valence-electron chi connectivity index (χ2n) is 9.82. The fourth-order valence-corrected chi connectivity index (χ4v) is 5.05. The van der Waals surface area contributed by atoms with Gasteiger partial charge in [0, 0.05) is 24.6 Å². The number of carbonyl (C=O) groups is 2. The molecule has 192 valence electrons. The number of carbonyl (C=O) groups excluding carboxylic acids is 2. The number of rotatable bonds is 9. The summed E-state index contributed by atoms with van der Waals surface area (Å²) in [7, 11) is 0. The average Bonchev–Trinajstić information content (AvgIpc) is 2.91. The lowest BCUT2D eigenvalue weighted by atomic mass is 9.85. The lowest BCUT2D eigenvalue weighted by molar-refractivity contribution is -0.384. The molecule has 0 heterocycles. The van der Waals surface area contributed by atoms with Crippen LogP contribution in [0.2, 0.25) is 0 Å². The Labute approximate surface area is 217 Å². The van der Waals surface area contributed by atoms with Gasteiger partial charge in [-0.2, -0.15) is 0 Å². The highest BCUT2D eigenvalue weighted by Gasteiger charge is 2.31. The number of non-ortho nitro benzene ring substituents is 1. The molecule has 1 aliphatic carbocycles. The number of hydrogen-bond acceptors (Lipinski definition) is 4. The minimum absolute atomic E-state index is 0.0157. The molecule has 1 fully saturated rings. The van der Waals surface area contributed by atoms with E-state index in [1.807, 2.05) is 60.7 Å². The van der Waals surface area contributed by atoms with E-state index in [1.165, 1.54) is 12.1 Å². The summed E-state index contributed by atoms with van der Waals surface area (Å²) in [6, 6.07) is 24.4. The molecule has 0 unspecified atom stereocenters. The number of nitrogens with one attached hydrogen (secondary N) is 2. The first-order valence-electron chi connectivity index (χ1n) is 12.9. The van der Waals surface area contributed by atoms with E-state index in [2.05, 4.69) is 17.6 Å². The number of nitro groups is 1. The molecule has 1 aliphatic rings. The standard InChI is InChI=1S/C30H33N3O4/c1-21-10-8-9-15-26(21)31-29(34)27(20-22-16-18-25(19-17-22)33(36)37)32-30(35)28(23-11-4-2-5-12-23)24-13-6-3-7-14-24/h2-7,11-14,16-19,21,26-28H,8-10,15,20H2,1H3,(H,31,34)(H,32,35)/t21-,26+,27-/m0/s1. The van der Waals surface area contributed by atoms with Crippen LogP contribution in [0, 0.1) is 16.0 Å². The molecular formula is C30H33N3O4. The molecule has 0 spiro atoms. The monoisotopic (exact) mass is 499 g/mol. The van der Waals surface area contributed by atoms with Gasteiger partial charge in [-0.15, -0.1) is 0 Å². The van der Waals surface area contributed by atoms with E-state index in [9.17, 15) is 19.7 Å². The van der Waals surface area contributed by atoms with Gasteiger partial charge in [0.15, 0.2) is 0 Å². The summed E-state index contributed by atoms with van der Waals surface area (Å²) in [6.07, 6.45) is 4.44. The van der Waals surface area contributed by atoms with Crippen molar-refractivity contribution < 1.29 is 14.5 Å². The molecule has 0 aromatic heterocycles. The van der Waals surface area contributed by atoms with E-state index >= 15 is 0 Å². The molecule has 2 amide bonds. The molecule has 7 heteroatoms. The number of nitrogens with zero attached hydrogens (tertiary/aromatic N) is 1. The number of amides is 2. The van der Waals surface area contributed by atoms with Crippen LogP contribution in [0.5, 0.6) is 0 Å². The van der Waals surface area contributed by atoms with Crippen LogP contribution in [0.3, 0.4) is 0 Å². The van der Waals surface area contributed by atoms with Crippen molar-refractivity contribution in [2.45, 2.75) is 57.0 Å². The highest BCUT2D eigenvalue weighted by molar-refractivity contribution is 5.92. The van der Waals surface area contributed by atoms with Gasteiger partial charge in [-0.1, -0.05) is 92.6 Å². The third-order valence-corrected chi connectivity index (χ3v) is 7.19. The first-order chi connectivity index (χ1) is 17.9. The van der Waals surface area contributed by atoms with E-state index in [1.54, 1.807) is 12.1 Å². The zero-order valence-electron chi connectivity index (χ0n) is 21.0. The Hall–Kier alpha value is -4.00. The molecule has 4 rings (SSSR count). The van der Waals surface area contributed by atoms with Crippen molar-refractivity contribution in [1.29, 1.82) is 0 Å². The summed E-state index contributed by atoms with van der Waals surface area (Å²) in [4.78, 5) is 37.9. The van der Waals surface area contributed by atoms with Crippen molar-refractivity contribution in [1.82, 2.24) is 10.6 Å². The van der Waals surface area contributed by atoms with Gasteiger partial charge in [0.1, 0.15) is 6.04 Å². The van der Waals surface area contributed by atoms with Gasteiger partial charge in [0.25, 0.3) is 5.69 Å². The highest BCUT2D eigenvalue weighted by Crippen LogP contribution is 2.26. The lowest BCUT2D eigenvalue weighted by Crippen LogP contribution is -2.53. The molecule has 0 radical (unpaired) electrons. The van der Waals surface area contributed by atoms with E-state index in [-0.39, 0.29) is 30.0 Å². The minimum Gasteiger partial charge on any atom is -0.351 e. The Morgan fingerprint density at radius 1 is 0.865 bits per heavy atom. The van der Waals surface area contributed by atoms with Crippen LogP contribution in [-0.4, -0.2) is 28.8 Å². The maximum atomic E-state index is 13.8. The van der Waals surface area contributed by atoms with Crippen molar-refractivity contribution in [3.8, 4) is 0 Å². The van der Waals surface area contributed by atoms with E-state index in [0.29, 0.717) is 5.92 Å². The van der Waals surface area contributed by atoms with Crippen molar-refractivity contribution >= 4 is 17.5 Å². The van der Waals surface area contributed by atoms with Gasteiger partial charge >= 0.3 is 0 Å². The molecule has 3 aromatic rings. The molecule has 2 N–H and O–H groups in total. The zero-order chi connectivity index (χ0) is 26.2. The maximum Gasteiger partial charge on any atom is 0.269 e. The summed E-state index contributed by atoms with van der Waals surface area (Å²) in [5.41, 5.74) is 2.39. The van der Waals surface area contributed by atoms with Gasteiger partial charge in [-0.25, -0.2) is 0 Å². The Morgan fingerprint density at radius 3 is 1.97 bits per heavy atom. The van der Waals surface area contributed by atoms with E-state index < -0.39 is 16.9 Å². The van der Waals surface area contributed by atoms with Crippen molar-refractivity contribution in [2.24, 2.45) is 5.92 Å². The predicted molar refractivity (Wildman–Crippen MR) is 143 cm³/mol. The molecule has 0 saturated heterocycles. The summed E-state index contributed by atoms with van der Waals surface area (Å²) in [5, 5.41) is 17.3. The number of hydrogen-bond donors (Lipinski definition) is 2. The summed E-state index contributed by atoms with van der Waals surface area (Å²) in [5.74, 6) is -0.709. The summed E-state index contributed by atoms with van der Waals surface area (Å²) >= 11 is 0. The normalized spacial score (nSPS) is 18.1. The third kappa shape index (κ3) is 6.82. The second-order valence-corrected chi connectivity index (χ2v) is 9.82. The molecular weight excluding hydrogens is 466 g/mol. The smallest absolute Gasteiger partial charge is 0.269 e. The number of benzene rings is 3. The van der Waals surface area contributed by atoms with Gasteiger partial charge < -0.3 is 10.6 Å². The molecule has 3 atom stereocenters. The molecule has 0 aliphatic heterocycles. The third-order valence-electron chi connectivity index (χ3n) is 7.19. The van der Waals surface area contributed by atoms with Crippen molar-refractivity contribution in [3.63, 3.8) is 0 Å². The van der Waals surface area contributed by atoms with Crippen LogP contribution in [0.1, 0.15) is 55.2 Å². The van der Waals surface area contributed by atoms with Crippen molar-refractivity contribution in [3.05, 3.63) is 112 Å². The van der Waals surface area contributed by atoms with Crippen LogP contribution in [0.15, 0.2) is 84.9 Å². The predicted octanol–water partition coefficient (Wildman–Crippen LogP) is 5.15. The fourth-order valence-electron chi connectivity index (χ4n) is 5.05. The van der Waals surface area contributed by atoms with Crippen LogP contribution in [0.25, 0.3) is 0 Å². The van der Waals surface area contributed by atoms with Crippen molar-refractivity contribution in [2.75, 3.05) is 0 Å². The molecule has 7 nitrogen and oxygen atoms in total. The van der Waals surface area contributed by atoms with Gasteiger partial charge in [0.05, 0.1) is 10.8 Å². The minimum atomic E-state index is -0.821. The highest BCUT2D eigenvalue weighted by atomic mass is 16.6. The Balaban J connectivity index is 1.60. The Kier molecular flexibility index (Phi) is 8.67. The van der Waals surface area contributed by atoms with Crippen LogP contribution in [-0.2, 0) is 16.0 Å². The maximum absolute atomic E-state index is 13.8. The summed E-state index contributed by atoms with van der Waals surface area (Å²) in [6.45, 7) is 2.15. The van der Waals surface area contributed by atoms with Gasteiger partial charge in [0.2, 0.25) is 11.8 Å². The summed E-state index contributed by atoms with van der Waals surface area (Å²) < 4.78 is 0. The number of nitro benzene ring substituents is 1. The molecule has 1 saturated carbocycles.